The van der Waals surface area contributed by atoms with Crippen LogP contribution in [0.5, 0.6) is 0 Å². The van der Waals surface area contributed by atoms with E-state index >= 15 is 0 Å². The maximum Gasteiger partial charge on any atom is 0.416 e. The standard InChI is InChI=1S/C35H29Cl2F3N4O4S/c1-22-16-24(8-14-32(22)44(49(41,46)47)21-34(45)48-2)19-43-20-31(29-13-12-28(36)18-30(29)37)42-33(43)15-9-23-6-10-25(11-7-23)26-4-3-5-27(17-26)35(38,39)40/h3-18,20H,19,21H2,1-2H3,(H2,41,46,47). The van der Waals surface area contributed by atoms with E-state index in [1.165, 1.54) is 6.07 Å². The Kier molecular flexibility index (Phi) is 10.5. The lowest BCUT2D eigenvalue weighted by Crippen LogP contribution is -2.41. The first-order chi connectivity index (χ1) is 23.1. The number of hydrogen-bond acceptors (Lipinski definition) is 5. The molecule has 0 spiro atoms. The van der Waals surface area contributed by atoms with Crippen LogP contribution >= 0.6 is 23.2 Å². The van der Waals surface area contributed by atoms with E-state index < -0.39 is 34.5 Å². The number of carbonyl (C=O) groups is 1. The zero-order chi connectivity index (χ0) is 35.5. The number of esters is 1. The summed E-state index contributed by atoms with van der Waals surface area (Å²) in [7, 11) is -3.13. The minimum absolute atomic E-state index is 0.226. The molecule has 0 fully saturated rings. The van der Waals surface area contributed by atoms with Crippen molar-refractivity contribution in [1.82, 2.24) is 9.55 Å². The van der Waals surface area contributed by atoms with Crippen LogP contribution in [0.4, 0.5) is 18.9 Å². The summed E-state index contributed by atoms with van der Waals surface area (Å²) >= 11 is 12.6. The van der Waals surface area contributed by atoms with Gasteiger partial charge >= 0.3 is 12.1 Å². The Hall–Kier alpha value is -4.62. The van der Waals surface area contributed by atoms with Crippen LogP contribution in [0.3, 0.4) is 0 Å². The minimum Gasteiger partial charge on any atom is -0.468 e. The topological polar surface area (TPSA) is 108 Å². The summed E-state index contributed by atoms with van der Waals surface area (Å²) in [4.78, 5) is 16.7. The number of alkyl halides is 3. The quantitative estimate of drug-likeness (QED) is 0.146. The molecule has 4 aromatic carbocycles. The van der Waals surface area contributed by atoms with Gasteiger partial charge in [0.2, 0.25) is 0 Å². The van der Waals surface area contributed by atoms with Gasteiger partial charge < -0.3 is 9.30 Å². The Morgan fingerprint density at radius 2 is 1.71 bits per heavy atom. The van der Waals surface area contributed by atoms with Gasteiger partial charge in [-0.05, 0) is 77.2 Å². The van der Waals surface area contributed by atoms with Crippen molar-refractivity contribution in [3.05, 3.63) is 129 Å². The summed E-state index contributed by atoms with van der Waals surface area (Å²) in [5, 5.41) is 6.28. The number of nitrogens with two attached hydrogens (primary N) is 1. The lowest BCUT2D eigenvalue weighted by atomic mass is 10.0. The fourth-order valence-electron chi connectivity index (χ4n) is 5.14. The number of benzene rings is 4. The molecule has 5 rings (SSSR count). The first-order valence-corrected chi connectivity index (χ1v) is 16.8. The monoisotopic (exact) mass is 728 g/mol. The Bertz CT molecular complexity index is 2150. The molecule has 0 unspecified atom stereocenters. The van der Waals surface area contributed by atoms with Gasteiger partial charge in [0.25, 0.3) is 10.2 Å². The van der Waals surface area contributed by atoms with E-state index in [0.29, 0.717) is 50.4 Å². The summed E-state index contributed by atoms with van der Waals surface area (Å²) in [6.07, 6.45) is 1.01. The molecule has 0 radical (unpaired) electrons. The van der Waals surface area contributed by atoms with E-state index in [4.69, 9.17) is 33.3 Å². The highest BCUT2D eigenvalue weighted by molar-refractivity contribution is 7.90. The van der Waals surface area contributed by atoms with Crippen molar-refractivity contribution in [3.63, 3.8) is 0 Å². The molecule has 0 aliphatic carbocycles. The fraction of sp³-hybridized carbons (Fsp3) is 0.143. The van der Waals surface area contributed by atoms with Crippen molar-refractivity contribution in [2.24, 2.45) is 5.14 Å². The molecule has 1 heterocycles. The number of ether oxygens (including phenoxy) is 1. The third kappa shape index (κ3) is 8.70. The Morgan fingerprint density at radius 3 is 2.35 bits per heavy atom. The van der Waals surface area contributed by atoms with Crippen molar-refractivity contribution in [1.29, 1.82) is 0 Å². The van der Waals surface area contributed by atoms with Crippen LogP contribution in [0.15, 0.2) is 91.1 Å². The Labute approximate surface area is 291 Å². The van der Waals surface area contributed by atoms with Gasteiger partial charge in [-0.1, -0.05) is 77.8 Å². The number of nitrogens with zero attached hydrogens (tertiary/aromatic N) is 3. The maximum absolute atomic E-state index is 13.2. The van der Waals surface area contributed by atoms with E-state index in [1.54, 1.807) is 79.7 Å². The third-order valence-electron chi connectivity index (χ3n) is 7.56. The Morgan fingerprint density at radius 1 is 0.980 bits per heavy atom. The summed E-state index contributed by atoms with van der Waals surface area (Å²) in [6, 6.07) is 22.4. The number of hydrogen-bond donors (Lipinski definition) is 1. The van der Waals surface area contributed by atoms with E-state index in [-0.39, 0.29) is 5.69 Å². The van der Waals surface area contributed by atoms with Crippen molar-refractivity contribution in [2.75, 3.05) is 18.0 Å². The largest absolute Gasteiger partial charge is 0.468 e. The first-order valence-electron chi connectivity index (χ1n) is 14.6. The average Bonchev–Trinajstić information content (AvgIpc) is 3.44. The number of carbonyl (C=O) groups excluding carboxylic acids is 1. The molecule has 49 heavy (non-hydrogen) atoms. The number of rotatable bonds is 10. The van der Waals surface area contributed by atoms with Crippen molar-refractivity contribution in [2.45, 2.75) is 19.6 Å². The average molecular weight is 730 g/mol. The highest BCUT2D eigenvalue weighted by Crippen LogP contribution is 2.33. The highest BCUT2D eigenvalue weighted by Gasteiger charge is 2.30. The second kappa shape index (κ2) is 14.5. The van der Waals surface area contributed by atoms with Crippen LogP contribution in [0.1, 0.15) is 28.1 Å². The molecule has 2 N–H and O–H groups in total. The number of aromatic nitrogens is 2. The molecular weight excluding hydrogens is 700 g/mol. The maximum atomic E-state index is 13.2. The van der Waals surface area contributed by atoms with Gasteiger partial charge in [0.05, 0.1) is 29.1 Å². The van der Waals surface area contributed by atoms with Crippen LogP contribution in [-0.4, -0.2) is 37.6 Å². The molecule has 14 heteroatoms. The molecule has 254 valence electrons. The van der Waals surface area contributed by atoms with Gasteiger partial charge in [0.1, 0.15) is 12.4 Å². The van der Waals surface area contributed by atoms with Crippen LogP contribution in [-0.2, 0) is 32.5 Å². The summed E-state index contributed by atoms with van der Waals surface area (Å²) < 4.78 is 71.5. The van der Waals surface area contributed by atoms with E-state index in [1.807, 2.05) is 16.8 Å². The molecule has 0 bridgehead atoms. The van der Waals surface area contributed by atoms with Crippen LogP contribution in [0.25, 0.3) is 34.5 Å². The van der Waals surface area contributed by atoms with Gasteiger partial charge in [-0.3, -0.25) is 4.79 Å². The van der Waals surface area contributed by atoms with E-state index in [2.05, 4.69) is 4.74 Å². The van der Waals surface area contributed by atoms with Gasteiger partial charge in [0, 0.05) is 23.3 Å². The second-order valence-corrected chi connectivity index (χ2v) is 13.3. The molecule has 0 aliphatic heterocycles. The molecule has 0 saturated heterocycles. The molecule has 5 aromatic rings. The fourth-order valence-corrected chi connectivity index (χ4v) is 6.41. The van der Waals surface area contributed by atoms with Crippen LogP contribution in [0.2, 0.25) is 10.0 Å². The van der Waals surface area contributed by atoms with E-state index in [9.17, 15) is 26.4 Å². The predicted octanol–water partition coefficient (Wildman–Crippen LogP) is 8.25. The molecule has 0 atom stereocenters. The van der Waals surface area contributed by atoms with Gasteiger partial charge in [-0.15, -0.1) is 0 Å². The predicted molar refractivity (Wildman–Crippen MR) is 186 cm³/mol. The van der Waals surface area contributed by atoms with Crippen LogP contribution in [0, 0.1) is 6.92 Å². The number of aryl methyl sites for hydroxylation is 1. The summed E-state index contributed by atoms with van der Waals surface area (Å²) in [5.41, 5.74) is 3.95. The molecule has 0 aliphatic rings. The molecule has 8 nitrogen and oxygen atoms in total. The second-order valence-electron chi connectivity index (χ2n) is 11.0. The summed E-state index contributed by atoms with van der Waals surface area (Å²) in [5.74, 6) is -0.215. The number of halogens is 5. The lowest BCUT2D eigenvalue weighted by Gasteiger charge is -2.23. The number of methoxy groups -OCH3 is 1. The number of imidazole rings is 1. The smallest absolute Gasteiger partial charge is 0.416 e. The Balaban J connectivity index is 1.46. The zero-order valence-electron chi connectivity index (χ0n) is 26.1. The van der Waals surface area contributed by atoms with Crippen molar-refractivity contribution >= 4 is 57.2 Å². The first kappa shape index (κ1) is 35.7. The molecule has 0 saturated carbocycles. The lowest BCUT2D eigenvalue weighted by molar-refractivity contribution is -0.139. The van der Waals surface area contributed by atoms with Gasteiger partial charge in [-0.2, -0.15) is 21.6 Å². The number of anilines is 1. The third-order valence-corrected chi connectivity index (χ3v) is 9.05. The van der Waals surface area contributed by atoms with Crippen LogP contribution < -0.4 is 9.44 Å². The van der Waals surface area contributed by atoms with Gasteiger partial charge in [0.15, 0.2) is 0 Å². The van der Waals surface area contributed by atoms with Crippen molar-refractivity contribution in [3.8, 4) is 22.4 Å². The molecule has 0 amide bonds. The zero-order valence-corrected chi connectivity index (χ0v) is 28.4. The highest BCUT2D eigenvalue weighted by atomic mass is 35.5. The molecule has 1 aromatic heterocycles. The normalized spacial score (nSPS) is 12.0. The molecular formula is C35H29Cl2F3N4O4S. The van der Waals surface area contributed by atoms with Crippen molar-refractivity contribution < 1.29 is 31.1 Å². The summed E-state index contributed by atoms with van der Waals surface area (Å²) in [6.45, 7) is 1.43. The van der Waals surface area contributed by atoms with E-state index in [0.717, 1.165) is 34.7 Å². The van der Waals surface area contributed by atoms with Gasteiger partial charge in [-0.25, -0.2) is 14.4 Å². The minimum atomic E-state index is -4.44. The SMILES string of the molecule is COC(=O)CN(c1ccc(Cn2cc(-c3ccc(Cl)cc3Cl)nc2C=Cc2ccc(-c3cccc(C(F)(F)F)c3)cc2)cc1C)S(N)(=O)=O.